The van der Waals surface area contributed by atoms with Crippen LogP contribution in [-0.2, 0) is 4.79 Å². The number of carbonyl (C=O) groups is 1. The van der Waals surface area contributed by atoms with E-state index in [-0.39, 0.29) is 16.5 Å². The average Bonchev–Trinajstić information content (AvgIpc) is 2.27. The molecule has 1 aromatic rings. The fourth-order valence-corrected chi connectivity index (χ4v) is 1.65. The van der Waals surface area contributed by atoms with E-state index in [4.69, 9.17) is 11.6 Å². The van der Waals surface area contributed by atoms with Gasteiger partial charge >= 0.3 is 12.1 Å². The second-order valence-corrected chi connectivity index (χ2v) is 10.0. The van der Waals surface area contributed by atoms with Crippen molar-refractivity contribution in [2.45, 2.75) is 25.8 Å². The molecule has 0 bridgehead atoms. The van der Waals surface area contributed by atoms with Gasteiger partial charge in [0, 0.05) is 0 Å². The first-order valence-corrected chi connectivity index (χ1v) is 9.31. The van der Waals surface area contributed by atoms with Crippen LogP contribution in [0.5, 0.6) is 0 Å². The van der Waals surface area contributed by atoms with E-state index in [0.717, 1.165) is 0 Å². The Hall–Kier alpha value is -1.59. The summed E-state index contributed by atoms with van der Waals surface area (Å²) in [6, 6.07) is 1.26. The molecule has 0 radical (unpaired) electrons. The third kappa shape index (κ3) is 5.18. The molecule has 1 rings (SSSR count). The highest BCUT2D eigenvalue weighted by Gasteiger charge is 2.39. The number of nitrogens with zero attached hydrogens (tertiary/aromatic N) is 2. The monoisotopic (exact) mass is 321 g/mol. The molecule has 1 heterocycles. The maximum atomic E-state index is 12.2. The molecule has 0 aliphatic heterocycles. The van der Waals surface area contributed by atoms with Crippen molar-refractivity contribution in [3.63, 3.8) is 0 Å². The Bertz CT molecular complexity index is 587. The van der Waals surface area contributed by atoms with Gasteiger partial charge < -0.3 is 5.32 Å². The predicted molar refractivity (Wildman–Crippen MR) is 72.0 cm³/mol. The number of hydrogen-bond acceptors (Lipinski definition) is 3. The Morgan fingerprint density at radius 3 is 2.45 bits per heavy atom. The van der Waals surface area contributed by atoms with E-state index in [9.17, 15) is 18.0 Å². The smallest absolute Gasteiger partial charge is 0.300 e. The van der Waals surface area contributed by atoms with Gasteiger partial charge in [-0.05, 0) is 6.07 Å². The second-order valence-electron chi connectivity index (χ2n) is 4.88. The second kappa shape index (κ2) is 5.81. The number of rotatable bonds is 1. The van der Waals surface area contributed by atoms with Gasteiger partial charge in [0.25, 0.3) is 0 Å². The molecule has 0 spiro atoms. The predicted octanol–water partition coefficient (Wildman–Crippen LogP) is 2.86. The van der Waals surface area contributed by atoms with Gasteiger partial charge in [-0.2, -0.15) is 13.2 Å². The molecule has 1 aromatic heterocycles. The molecule has 4 nitrogen and oxygen atoms in total. The zero-order valence-corrected chi connectivity index (χ0v) is 12.6. The SMILES string of the molecule is C[Si](C)(C)C#Cc1cc(Cl)nnc1NC(=O)C(F)(F)F. The van der Waals surface area contributed by atoms with E-state index in [1.165, 1.54) is 6.07 Å². The minimum absolute atomic E-state index is 0.0186. The number of nitrogens with one attached hydrogen (secondary N) is 1. The fourth-order valence-electron chi connectivity index (χ4n) is 0.989. The highest BCUT2D eigenvalue weighted by Crippen LogP contribution is 2.20. The van der Waals surface area contributed by atoms with Crippen LogP contribution in [0.3, 0.4) is 0 Å². The molecular weight excluding hydrogens is 311 g/mol. The van der Waals surface area contributed by atoms with Gasteiger partial charge in [-0.25, -0.2) is 0 Å². The van der Waals surface area contributed by atoms with Crippen molar-refractivity contribution < 1.29 is 18.0 Å². The molecule has 108 valence electrons. The van der Waals surface area contributed by atoms with E-state index in [1.54, 1.807) is 5.32 Å². The zero-order valence-electron chi connectivity index (χ0n) is 10.9. The maximum Gasteiger partial charge on any atom is 0.471 e. The van der Waals surface area contributed by atoms with Crippen LogP contribution in [0.15, 0.2) is 6.07 Å². The van der Waals surface area contributed by atoms with Crippen LogP contribution in [0.4, 0.5) is 19.0 Å². The van der Waals surface area contributed by atoms with Gasteiger partial charge in [-0.15, -0.1) is 15.7 Å². The highest BCUT2D eigenvalue weighted by molar-refractivity contribution is 6.83. The van der Waals surface area contributed by atoms with Crippen molar-refractivity contribution in [2.24, 2.45) is 0 Å². The quantitative estimate of drug-likeness (QED) is 0.639. The first-order valence-electron chi connectivity index (χ1n) is 5.43. The summed E-state index contributed by atoms with van der Waals surface area (Å²) in [5.74, 6) is 0.201. The van der Waals surface area contributed by atoms with Gasteiger partial charge in [-0.3, -0.25) is 4.79 Å². The van der Waals surface area contributed by atoms with Crippen LogP contribution in [0.1, 0.15) is 5.56 Å². The van der Waals surface area contributed by atoms with Crippen molar-refractivity contribution >= 4 is 31.4 Å². The summed E-state index contributed by atoms with van der Waals surface area (Å²) in [6.07, 6.45) is -5.01. The number of alkyl halides is 3. The van der Waals surface area contributed by atoms with E-state index < -0.39 is 20.2 Å². The van der Waals surface area contributed by atoms with Crippen LogP contribution < -0.4 is 5.32 Å². The molecule has 1 amide bonds. The fraction of sp³-hybridized carbons (Fsp3) is 0.364. The first-order chi connectivity index (χ1) is 8.99. The van der Waals surface area contributed by atoms with Crippen LogP contribution in [0.2, 0.25) is 24.8 Å². The number of hydrogen-bond donors (Lipinski definition) is 1. The molecule has 20 heavy (non-hydrogen) atoms. The van der Waals surface area contributed by atoms with Crippen molar-refractivity contribution in [2.75, 3.05) is 5.32 Å². The summed E-state index contributed by atoms with van der Waals surface area (Å²) in [5, 5.41) is 8.44. The summed E-state index contributed by atoms with van der Waals surface area (Å²) in [7, 11) is -1.74. The molecule has 0 saturated carbocycles. The Morgan fingerprint density at radius 2 is 1.95 bits per heavy atom. The summed E-state index contributed by atoms with van der Waals surface area (Å²) in [6.45, 7) is 5.89. The normalized spacial score (nSPS) is 11.6. The van der Waals surface area contributed by atoms with Crippen molar-refractivity contribution in [3.8, 4) is 11.5 Å². The lowest BCUT2D eigenvalue weighted by molar-refractivity contribution is -0.167. The molecule has 0 atom stereocenters. The summed E-state index contributed by atoms with van der Waals surface area (Å²) < 4.78 is 36.6. The van der Waals surface area contributed by atoms with Crippen LogP contribution in [0.25, 0.3) is 0 Å². The number of amides is 1. The highest BCUT2D eigenvalue weighted by atomic mass is 35.5. The number of carbonyl (C=O) groups excluding carboxylic acids is 1. The molecule has 0 saturated heterocycles. The molecule has 9 heteroatoms. The summed E-state index contributed by atoms with van der Waals surface area (Å²) >= 11 is 5.63. The van der Waals surface area contributed by atoms with E-state index >= 15 is 0 Å². The van der Waals surface area contributed by atoms with Gasteiger partial charge in [0.05, 0.1) is 5.56 Å². The molecular formula is C11H11ClF3N3OSi. The van der Waals surface area contributed by atoms with Crippen LogP contribution in [0, 0.1) is 11.5 Å². The third-order valence-corrected chi connectivity index (χ3v) is 2.89. The van der Waals surface area contributed by atoms with Crippen molar-refractivity contribution in [1.29, 1.82) is 0 Å². The van der Waals surface area contributed by atoms with Crippen molar-refractivity contribution in [1.82, 2.24) is 10.2 Å². The molecule has 0 aliphatic carbocycles. The van der Waals surface area contributed by atoms with Gasteiger partial charge in [0.15, 0.2) is 11.0 Å². The van der Waals surface area contributed by atoms with E-state index in [0.29, 0.717) is 0 Å². The minimum Gasteiger partial charge on any atom is -0.300 e. The molecule has 0 aliphatic rings. The topological polar surface area (TPSA) is 54.9 Å². The minimum atomic E-state index is -5.01. The summed E-state index contributed by atoms with van der Waals surface area (Å²) in [5.41, 5.74) is 3.05. The van der Waals surface area contributed by atoms with E-state index in [2.05, 4.69) is 21.7 Å². The zero-order chi connectivity index (χ0) is 15.6. The Morgan fingerprint density at radius 1 is 1.35 bits per heavy atom. The number of aromatic nitrogens is 2. The number of halogens is 4. The van der Waals surface area contributed by atoms with Gasteiger partial charge in [0.1, 0.15) is 8.07 Å². The summed E-state index contributed by atoms with van der Waals surface area (Å²) in [4.78, 5) is 10.9. The molecule has 0 fully saturated rings. The van der Waals surface area contributed by atoms with Crippen LogP contribution >= 0.6 is 11.6 Å². The Kier molecular flexibility index (Phi) is 4.78. The van der Waals surface area contributed by atoms with Gasteiger partial charge in [-0.1, -0.05) is 37.2 Å². The lowest BCUT2D eigenvalue weighted by Gasteiger charge is -2.09. The van der Waals surface area contributed by atoms with E-state index in [1.807, 2.05) is 19.6 Å². The largest absolute Gasteiger partial charge is 0.471 e. The lowest BCUT2D eigenvalue weighted by atomic mass is 10.3. The van der Waals surface area contributed by atoms with Crippen LogP contribution in [-0.4, -0.2) is 30.4 Å². The maximum absolute atomic E-state index is 12.2. The standard InChI is InChI=1S/C11H11ClF3N3OSi/c1-20(2,3)5-4-7-6-8(12)17-18-9(7)16-10(19)11(13,14)15/h6H,1-3H3,(H,16,18,19). The Balaban J connectivity index is 3.14. The average molecular weight is 322 g/mol. The number of anilines is 1. The third-order valence-electron chi connectivity index (χ3n) is 1.83. The molecule has 1 N–H and O–H groups in total. The Labute approximate surface area is 119 Å². The first kappa shape index (κ1) is 16.5. The van der Waals surface area contributed by atoms with Crippen molar-refractivity contribution in [3.05, 3.63) is 16.8 Å². The lowest BCUT2D eigenvalue weighted by Crippen LogP contribution is -2.30. The van der Waals surface area contributed by atoms with Gasteiger partial charge in [0.2, 0.25) is 0 Å². The molecule has 0 unspecified atom stereocenters. The molecule has 0 aromatic carbocycles.